The second-order valence-corrected chi connectivity index (χ2v) is 8.12. The number of nitrogens with zero attached hydrogens (tertiary/aromatic N) is 3. The Morgan fingerprint density at radius 1 is 1.55 bits per heavy atom. The monoisotopic (exact) mass is 318 g/mol. The Bertz CT molecular complexity index is 529. The smallest absolute Gasteiger partial charge is 0.243 e. The summed E-state index contributed by atoms with van der Waals surface area (Å²) in [5.74, 6) is 1.13. The molecule has 2 heterocycles. The minimum atomic E-state index is -3.42. The summed E-state index contributed by atoms with van der Waals surface area (Å²) in [6, 6.07) is 0. The van der Waals surface area contributed by atoms with Gasteiger partial charge in [0.2, 0.25) is 10.0 Å². The van der Waals surface area contributed by atoms with Gasteiger partial charge >= 0.3 is 0 Å². The van der Waals surface area contributed by atoms with Crippen LogP contribution in [0.25, 0.3) is 0 Å². The van der Waals surface area contributed by atoms with E-state index in [1.54, 1.807) is 7.05 Å². The van der Waals surface area contributed by atoms with E-state index in [1.807, 2.05) is 11.8 Å². The third-order valence-corrected chi connectivity index (χ3v) is 6.18. The maximum absolute atomic E-state index is 12.0. The molecule has 114 valence electrons. The molecule has 1 aliphatic heterocycles. The third kappa shape index (κ3) is 4.21. The molecular formula is C12H22N4O2S2. The van der Waals surface area contributed by atoms with Gasteiger partial charge in [-0.25, -0.2) is 13.1 Å². The molecule has 1 aromatic rings. The van der Waals surface area contributed by atoms with Crippen molar-refractivity contribution in [1.29, 1.82) is 0 Å². The number of hydrogen-bond acceptors (Lipinski definition) is 5. The van der Waals surface area contributed by atoms with Crippen LogP contribution in [0.5, 0.6) is 0 Å². The SMILES string of the molecule is CCC1CN(CCNS(=O)(=O)c2cnn(C)c2)CCS1. The van der Waals surface area contributed by atoms with E-state index >= 15 is 0 Å². The van der Waals surface area contributed by atoms with Crippen molar-refractivity contribution in [3.63, 3.8) is 0 Å². The van der Waals surface area contributed by atoms with Crippen molar-refractivity contribution in [2.45, 2.75) is 23.5 Å². The molecule has 6 nitrogen and oxygen atoms in total. The van der Waals surface area contributed by atoms with Gasteiger partial charge in [-0.05, 0) is 6.42 Å². The first kappa shape index (κ1) is 15.8. The average Bonchev–Trinajstić information content (AvgIpc) is 2.86. The lowest BCUT2D eigenvalue weighted by Gasteiger charge is -2.31. The number of thioether (sulfide) groups is 1. The van der Waals surface area contributed by atoms with Gasteiger partial charge < -0.3 is 4.90 Å². The third-order valence-electron chi connectivity index (χ3n) is 3.39. The molecule has 8 heteroatoms. The molecule has 0 aliphatic carbocycles. The predicted molar refractivity (Wildman–Crippen MR) is 81.4 cm³/mol. The van der Waals surface area contributed by atoms with Gasteiger partial charge in [0, 0.05) is 50.4 Å². The molecule has 1 aromatic heterocycles. The van der Waals surface area contributed by atoms with E-state index in [0.717, 1.165) is 25.4 Å². The summed E-state index contributed by atoms with van der Waals surface area (Å²) in [4.78, 5) is 2.55. The predicted octanol–water partition coefficient (Wildman–Crippen LogP) is 0.526. The van der Waals surface area contributed by atoms with Crippen molar-refractivity contribution in [3.05, 3.63) is 12.4 Å². The van der Waals surface area contributed by atoms with Crippen LogP contribution in [-0.2, 0) is 17.1 Å². The molecule has 1 unspecified atom stereocenters. The second-order valence-electron chi connectivity index (χ2n) is 4.95. The highest BCUT2D eigenvalue weighted by atomic mass is 32.2. The first-order valence-electron chi connectivity index (χ1n) is 6.83. The van der Waals surface area contributed by atoms with Crippen molar-refractivity contribution in [2.24, 2.45) is 7.05 Å². The Balaban J connectivity index is 1.80. The maximum atomic E-state index is 12.0. The molecule has 2 rings (SSSR count). The number of aryl methyl sites for hydroxylation is 1. The van der Waals surface area contributed by atoms with Crippen LogP contribution in [-0.4, -0.2) is 60.3 Å². The van der Waals surface area contributed by atoms with E-state index in [1.165, 1.54) is 23.5 Å². The number of hydrogen-bond donors (Lipinski definition) is 1. The molecule has 0 amide bonds. The normalized spacial score (nSPS) is 21.2. The molecule has 1 aliphatic rings. The first-order chi connectivity index (χ1) is 9.51. The van der Waals surface area contributed by atoms with Crippen molar-refractivity contribution < 1.29 is 8.42 Å². The van der Waals surface area contributed by atoms with Gasteiger partial charge in [0.05, 0.1) is 6.20 Å². The van der Waals surface area contributed by atoms with E-state index < -0.39 is 10.0 Å². The summed E-state index contributed by atoms with van der Waals surface area (Å²) in [5, 5.41) is 4.57. The summed E-state index contributed by atoms with van der Waals surface area (Å²) < 4.78 is 28.2. The molecule has 1 atom stereocenters. The zero-order valence-corrected chi connectivity index (χ0v) is 13.6. The number of aromatic nitrogens is 2. The number of rotatable bonds is 6. The van der Waals surface area contributed by atoms with Crippen LogP contribution < -0.4 is 4.72 Å². The van der Waals surface area contributed by atoms with Crippen LogP contribution in [0, 0.1) is 0 Å². The van der Waals surface area contributed by atoms with Crippen LogP contribution in [0.1, 0.15) is 13.3 Å². The lowest BCUT2D eigenvalue weighted by Crippen LogP contribution is -2.42. The zero-order chi connectivity index (χ0) is 14.6. The van der Waals surface area contributed by atoms with E-state index in [2.05, 4.69) is 21.6 Å². The Morgan fingerprint density at radius 3 is 3.00 bits per heavy atom. The summed E-state index contributed by atoms with van der Waals surface area (Å²) in [5.41, 5.74) is 0. The average molecular weight is 318 g/mol. The molecular weight excluding hydrogens is 296 g/mol. The van der Waals surface area contributed by atoms with Crippen LogP contribution in [0.4, 0.5) is 0 Å². The van der Waals surface area contributed by atoms with Crippen LogP contribution in [0.2, 0.25) is 0 Å². The first-order valence-corrected chi connectivity index (χ1v) is 9.36. The molecule has 0 spiro atoms. The molecule has 0 radical (unpaired) electrons. The van der Waals surface area contributed by atoms with Crippen LogP contribution >= 0.6 is 11.8 Å². The molecule has 0 bridgehead atoms. The quantitative estimate of drug-likeness (QED) is 0.828. The van der Waals surface area contributed by atoms with Crippen molar-refractivity contribution in [1.82, 2.24) is 19.4 Å². The van der Waals surface area contributed by atoms with Gasteiger partial charge in [0.25, 0.3) is 0 Å². The highest BCUT2D eigenvalue weighted by molar-refractivity contribution is 8.00. The van der Waals surface area contributed by atoms with Crippen molar-refractivity contribution >= 4 is 21.8 Å². The van der Waals surface area contributed by atoms with Gasteiger partial charge in [0.15, 0.2) is 0 Å². The second kappa shape index (κ2) is 6.93. The highest BCUT2D eigenvalue weighted by Crippen LogP contribution is 2.20. The fourth-order valence-electron chi connectivity index (χ4n) is 2.19. The standard InChI is InChI=1S/C12H22N4O2S2/c1-3-11-9-16(6-7-19-11)5-4-14-20(17,18)12-8-13-15(2)10-12/h8,10-11,14H,3-7,9H2,1-2H3. The van der Waals surface area contributed by atoms with Gasteiger partial charge in [-0.1, -0.05) is 6.92 Å². The summed E-state index contributed by atoms with van der Waals surface area (Å²) in [7, 11) is -1.72. The van der Waals surface area contributed by atoms with Crippen molar-refractivity contribution in [3.8, 4) is 0 Å². The molecule has 1 saturated heterocycles. The van der Waals surface area contributed by atoms with Gasteiger partial charge in [0.1, 0.15) is 4.90 Å². The van der Waals surface area contributed by atoms with Gasteiger partial charge in [-0.15, -0.1) is 0 Å². The summed E-state index contributed by atoms with van der Waals surface area (Å²) in [6.45, 7) is 5.49. The van der Waals surface area contributed by atoms with E-state index in [9.17, 15) is 8.42 Å². The Kier molecular flexibility index (Phi) is 5.48. The minimum absolute atomic E-state index is 0.223. The van der Waals surface area contributed by atoms with Crippen molar-refractivity contribution in [2.75, 3.05) is 31.9 Å². The molecule has 1 N–H and O–H groups in total. The lowest BCUT2D eigenvalue weighted by atomic mass is 10.3. The fraction of sp³-hybridized carbons (Fsp3) is 0.750. The van der Waals surface area contributed by atoms with Gasteiger partial charge in [-0.2, -0.15) is 16.9 Å². The molecule has 1 fully saturated rings. The molecule has 0 saturated carbocycles. The summed E-state index contributed by atoms with van der Waals surface area (Å²) in [6.07, 6.45) is 4.04. The topological polar surface area (TPSA) is 67.2 Å². The highest BCUT2D eigenvalue weighted by Gasteiger charge is 2.20. The number of nitrogens with one attached hydrogen (secondary N) is 1. The Labute approximate surface area is 125 Å². The zero-order valence-electron chi connectivity index (χ0n) is 11.9. The maximum Gasteiger partial charge on any atom is 0.243 e. The van der Waals surface area contributed by atoms with Crippen LogP contribution in [0.3, 0.4) is 0 Å². The van der Waals surface area contributed by atoms with E-state index in [-0.39, 0.29) is 4.90 Å². The Hall–Kier alpha value is -0.570. The Morgan fingerprint density at radius 2 is 2.35 bits per heavy atom. The largest absolute Gasteiger partial charge is 0.300 e. The van der Waals surface area contributed by atoms with E-state index in [4.69, 9.17) is 0 Å². The minimum Gasteiger partial charge on any atom is -0.300 e. The lowest BCUT2D eigenvalue weighted by molar-refractivity contribution is 0.286. The molecule has 0 aromatic carbocycles. The van der Waals surface area contributed by atoms with Crippen LogP contribution in [0.15, 0.2) is 17.3 Å². The number of sulfonamides is 1. The fourth-order valence-corrected chi connectivity index (χ4v) is 4.44. The van der Waals surface area contributed by atoms with Gasteiger partial charge in [-0.3, -0.25) is 4.68 Å². The summed E-state index contributed by atoms with van der Waals surface area (Å²) >= 11 is 2.01. The molecule has 20 heavy (non-hydrogen) atoms. The van der Waals surface area contributed by atoms with E-state index in [0.29, 0.717) is 11.8 Å².